The molecular weight excluding hydrogens is 380 g/mol. The quantitative estimate of drug-likeness (QED) is 0.531. The molecule has 30 heavy (non-hydrogen) atoms. The normalized spacial score (nSPS) is 15.0. The summed E-state index contributed by atoms with van der Waals surface area (Å²) >= 11 is 0. The third-order valence-electron chi connectivity index (χ3n) is 5.16. The van der Waals surface area contributed by atoms with Gasteiger partial charge in [-0.25, -0.2) is 4.79 Å². The second-order valence-corrected chi connectivity index (χ2v) is 9.01. The number of anilines is 1. The third kappa shape index (κ3) is 7.88. The number of amides is 2. The summed E-state index contributed by atoms with van der Waals surface area (Å²) in [5, 5.41) is 0. The van der Waals surface area contributed by atoms with E-state index in [1.165, 1.54) is 12.8 Å². The van der Waals surface area contributed by atoms with E-state index in [0.29, 0.717) is 13.1 Å². The van der Waals surface area contributed by atoms with Gasteiger partial charge in [0.05, 0.1) is 0 Å². The Morgan fingerprint density at radius 2 is 1.70 bits per heavy atom. The molecule has 2 rings (SSSR count). The maximum Gasteiger partial charge on any atom is 0.410 e. The number of likely N-dealkylation sites (tertiary alicyclic amines) is 1. The van der Waals surface area contributed by atoms with Gasteiger partial charge in [-0.3, -0.25) is 4.79 Å². The number of hydrogen-bond donors (Lipinski definition) is 0. The zero-order valence-corrected chi connectivity index (χ0v) is 19.3. The number of ether oxygens (including phenoxy) is 2. The highest BCUT2D eigenvalue weighted by molar-refractivity contribution is 5.91. The van der Waals surface area contributed by atoms with Crippen LogP contribution in [-0.4, -0.2) is 48.2 Å². The lowest BCUT2D eigenvalue weighted by Crippen LogP contribution is -2.44. The van der Waals surface area contributed by atoms with Crippen LogP contribution in [0, 0.1) is 0 Å². The van der Waals surface area contributed by atoms with Crippen LogP contribution in [0.25, 0.3) is 0 Å². The lowest BCUT2D eigenvalue weighted by molar-refractivity contribution is -0.116. The molecule has 1 fully saturated rings. The second kappa shape index (κ2) is 11.2. The SMILES string of the molecule is CCCCCCN(C(C)=O)c1ccc(OC2CCN(C(=O)OC(C)(C)C)CC2)cc1. The van der Waals surface area contributed by atoms with Crippen LogP contribution in [0.4, 0.5) is 10.5 Å². The second-order valence-electron chi connectivity index (χ2n) is 9.01. The fraction of sp³-hybridized carbons (Fsp3) is 0.667. The first-order chi connectivity index (χ1) is 14.2. The van der Waals surface area contributed by atoms with Crippen molar-refractivity contribution in [1.29, 1.82) is 0 Å². The molecule has 168 valence electrons. The topological polar surface area (TPSA) is 59.1 Å². The van der Waals surface area contributed by atoms with Crippen molar-refractivity contribution in [3.63, 3.8) is 0 Å². The summed E-state index contributed by atoms with van der Waals surface area (Å²) in [6, 6.07) is 7.76. The fourth-order valence-corrected chi connectivity index (χ4v) is 3.54. The van der Waals surface area contributed by atoms with E-state index in [0.717, 1.165) is 43.7 Å². The van der Waals surface area contributed by atoms with Crippen LogP contribution >= 0.6 is 0 Å². The van der Waals surface area contributed by atoms with Gasteiger partial charge in [-0.2, -0.15) is 0 Å². The number of carbonyl (C=O) groups excluding carboxylic acids is 2. The van der Waals surface area contributed by atoms with Gasteiger partial charge in [0.2, 0.25) is 5.91 Å². The van der Waals surface area contributed by atoms with Crippen LogP contribution in [0.2, 0.25) is 0 Å². The molecule has 1 aliphatic rings. The van der Waals surface area contributed by atoms with Crippen molar-refractivity contribution in [3.8, 4) is 5.75 Å². The van der Waals surface area contributed by atoms with Gasteiger partial charge in [-0.15, -0.1) is 0 Å². The molecule has 0 radical (unpaired) electrons. The van der Waals surface area contributed by atoms with E-state index < -0.39 is 5.60 Å². The maximum absolute atomic E-state index is 12.2. The number of hydrogen-bond acceptors (Lipinski definition) is 4. The standard InChI is InChI=1S/C24H38N2O4/c1-6-7-8-9-16-26(19(2)27)20-10-12-21(13-11-20)29-22-14-17-25(18-15-22)23(28)30-24(3,4)5/h10-13,22H,6-9,14-18H2,1-5H3. The summed E-state index contributed by atoms with van der Waals surface area (Å²) in [5.41, 5.74) is 0.432. The van der Waals surface area contributed by atoms with Gasteiger partial charge in [0.15, 0.2) is 0 Å². The number of nitrogens with zero attached hydrogens (tertiary/aromatic N) is 2. The Morgan fingerprint density at radius 1 is 1.07 bits per heavy atom. The Morgan fingerprint density at radius 3 is 2.23 bits per heavy atom. The van der Waals surface area contributed by atoms with E-state index in [-0.39, 0.29) is 18.1 Å². The summed E-state index contributed by atoms with van der Waals surface area (Å²) in [7, 11) is 0. The van der Waals surface area contributed by atoms with E-state index in [1.807, 2.05) is 49.9 Å². The highest BCUT2D eigenvalue weighted by Crippen LogP contribution is 2.24. The summed E-state index contributed by atoms with van der Waals surface area (Å²) < 4.78 is 11.6. The highest BCUT2D eigenvalue weighted by Gasteiger charge is 2.27. The molecule has 0 atom stereocenters. The molecule has 0 aliphatic carbocycles. The minimum Gasteiger partial charge on any atom is -0.490 e. The molecule has 6 heteroatoms. The van der Waals surface area contributed by atoms with Crippen molar-refractivity contribution in [1.82, 2.24) is 4.90 Å². The first-order valence-corrected chi connectivity index (χ1v) is 11.2. The van der Waals surface area contributed by atoms with Gasteiger partial charge in [-0.05, 0) is 51.5 Å². The molecule has 1 aromatic rings. The van der Waals surface area contributed by atoms with E-state index in [9.17, 15) is 9.59 Å². The Bertz CT molecular complexity index is 673. The van der Waals surface area contributed by atoms with Crippen molar-refractivity contribution in [3.05, 3.63) is 24.3 Å². The van der Waals surface area contributed by atoms with E-state index in [4.69, 9.17) is 9.47 Å². The first-order valence-electron chi connectivity index (χ1n) is 11.2. The molecule has 0 saturated carbocycles. The minimum absolute atomic E-state index is 0.0645. The summed E-state index contributed by atoms with van der Waals surface area (Å²) in [5.74, 6) is 0.860. The van der Waals surface area contributed by atoms with Gasteiger partial charge in [0.25, 0.3) is 0 Å². The molecule has 1 aliphatic heterocycles. The number of benzene rings is 1. The van der Waals surface area contributed by atoms with Crippen molar-refractivity contribution in [2.24, 2.45) is 0 Å². The Kier molecular flexibility index (Phi) is 9.00. The Balaban J connectivity index is 1.84. The van der Waals surface area contributed by atoms with Crippen LogP contribution in [0.1, 0.15) is 73.1 Å². The zero-order valence-electron chi connectivity index (χ0n) is 19.3. The molecule has 2 amide bonds. The largest absolute Gasteiger partial charge is 0.490 e. The predicted molar refractivity (Wildman–Crippen MR) is 120 cm³/mol. The molecule has 0 unspecified atom stereocenters. The van der Waals surface area contributed by atoms with Gasteiger partial charge < -0.3 is 19.3 Å². The zero-order chi connectivity index (χ0) is 22.1. The number of piperidine rings is 1. The predicted octanol–water partition coefficient (Wildman–Crippen LogP) is 5.40. The number of carbonyl (C=O) groups is 2. The van der Waals surface area contributed by atoms with Crippen LogP contribution in [0.15, 0.2) is 24.3 Å². The van der Waals surface area contributed by atoms with Crippen LogP contribution in [0.5, 0.6) is 5.75 Å². The van der Waals surface area contributed by atoms with Crippen molar-refractivity contribution < 1.29 is 19.1 Å². The Labute approximate surface area is 181 Å². The van der Waals surface area contributed by atoms with Gasteiger partial charge in [0.1, 0.15) is 17.5 Å². The van der Waals surface area contributed by atoms with E-state index in [2.05, 4.69) is 6.92 Å². The van der Waals surface area contributed by atoms with Crippen LogP contribution in [0.3, 0.4) is 0 Å². The van der Waals surface area contributed by atoms with Gasteiger partial charge in [-0.1, -0.05) is 26.2 Å². The molecule has 1 aromatic carbocycles. The van der Waals surface area contributed by atoms with E-state index in [1.54, 1.807) is 11.8 Å². The lowest BCUT2D eigenvalue weighted by atomic mass is 10.1. The summed E-state index contributed by atoms with van der Waals surface area (Å²) in [4.78, 5) is 27.8. The van der Waals surface area contributed by atoms with E-state index >= 15 is 0 Å². The molecule has 0 aromatic heterocycles. The summed E-state index contributed by atoms with van der Waals surface area (Å²) in [6.45, 7) is 11.4. The minimum atomic E-state index is -0.476. The van der Waals surface area contributed by atoms with Crippen LogP contribution in [-0.2, 0) is 9.53 Å². The average molecular weight is 419 g/mol. The van der Waals surface area contributed by atoms with Crippen molar-refractivity contribution in [2.75, 3.05) is 24.5 Å². The van der Waals surface area contributed by atoms with Gasteiger partial charge >= 0.3 is 6.09 Å². The first kappa shape index (κ1) is 24.0. The van der Waals surface area contributed by atoms with Crippen molar-refractivity contribution in [2.45, 2.75) is 84.8 Å². The van der Waals surface area contributed by atoms with Crippen molar-refractivity contribution >= 4 is 17.7 Å². The molecular formula is C24H38N2O4. The number of rotatable bonds is 8. The number of unbranched alkanes of at least 4 members (excludes halogenated alkanes) is 3. The van der Waals surface area contributed by atoms with Gasteiger partial charge in [0, 0.05) is 45.1 Å². The van der Waals surface area contributed by atoms with Crippen LogP contribution < -0.4 is 9.64 Å². The average Bonchev–Trinajstić information content (AvgIpc) is 2.68. The smallest absolute Gasteiger partial charge is 0.410 e. The summed E-state index contributed by atoms with van der Waals surface area (Å²) in [6.07, 6.45) is 5.91. The molecule has 6 nitrogen and oxygen atoms in total. The monoisotopic (exact) mass is 418 g/mol. The molecule has 1 heterocycles. The Hall–Kier alpha value is -2.24. The highest BCUT2D eigenvalue weighted by atomic mass is 16.6. The lowest BCUT2D eigenvalue weighted by Gasteiger charge is -2.33. The fourth-order valence-electron chi connectivity index (χ4n) is 3.54. The molecule has 0 N–H and O–H groups in total. The molecule has 1 saturated heterocycles. The third-order valence-corrected chi connectivity index (χ3v) is 5.16. The maximum atomic E-state index is 12.2. The molecule has 0 bridgehead atoms. The molecule has 0 spiro atoms.